The maximum absolute atomic E-state index is 12.9. The van der Waals surface area contributed by atoms with Gasteiger partial charge in [-0.1, -0.05) is 5.75 Å². The van der Waals surface area contributed by atoms with E-state index in [0.29, 0.717) is 29.4 Å². The standard InChI is InChI=1S/C19H17N3O9S2.2Na/c1-9-5-12(20-10(2)23)3-4-14(9)21-22-18-16(33(29,30)31)7-11-6-13(32(26,27)28)8-15(24)17(11)19(18)25;;/h3-8,24-25H,1-2H3,(H,20,23)(H,26,27,28)(H,29,30,31);;/q;2*+1/p-2. The number of benzene rings is 3. The van der Waals surface area contributed by atoms with E-state index in [1.54, 1.807) is 13.0 Å². The molecule has 0 saturated heterocycles. The topological polar surface area (TPSA) is 209 Å². The number of carbonyl (C=O) groups is 1. The summed E-state index contributed by atoms with van der Waals surface area (Å²) in [5.74, 6) is -2.64. The van der Waals surface area contributed by atoms with Crippen LogP contribution in [0, 0.1) is 6.92 Å². The van der Waals surface area contributed by atoms with E-state index in [9.17, 15) is 36.4 Å². The second-order valence-corrected chi connectivity index (χ2v) is 9.72. The molecule has 1 amide bonds. The van der Waals surface area contributed by atoms with E-state index in [0.717, 1.165) is 0 Å². The molecule has 0 aliphatic heterocycles. The smallest absolute Gasteiger partial charge is 0.872 e. The van der Waals surface area contributed by atoms with Gasteiger partial charge in [-0.3, -0.25) is 13.9 Å². The number of rotatable bonds is 5. The third-order valence-electron chi connectivity index (χ3n) is 4.42. The Labute approximate surface area is 244 Å². The van der Waals surface area contributed by atoms with Crippen LogP contribution in [0.4, 0.5) is 17.1 Å². The van der Waals surface area contributed by atoms with Crippen molar-refractivity contribution in [1.82, 2.24) is 0 Å². The fourth-order valence-electron chi connectivity index (χ4n) is 3.00. The Hall–Kier alpha value is -1.59. The Morgan fingerprint density at radius 1 is 0.943 bits per heavy atom. The van der Waals surface area contributed by atoms with Gasteiger partial charge in [-0.25, -0.2) is 0 Å². The normalized spacial score (nSPS) is 11.7. The summed E-state index contributed by atoms with van der Waals surface area (Å²) < 4.78 is 65.2. The Morgan fingerprint density at radius 2 is 1.57 bits per heavy atom. The number of nitrogens with one attached hydrogen (secondary N) is 1. The van der Waals surface area contributed by atoms with Gasteiger partial charge in [0, 0.05) is 12.6 Å². The molecular weight excluding hydrogens is 524 g/mol. The fraction of sp³-hybridized carbons (Fsp3) is 0.105. The molecule has 0 saturated carbocycles. The van der Waals surface area contributed by atoms with Crippen LogP contribution < -0.4 is 74.6 Å². The molecule has 3 N–H and O–H groups in total. The van der Waals surface area contributed by atoms with E-state index in [1.807, 2.05) is 0 Å². The molecule has 174 valence electrons. The van der Waals surface area contributed by atoms with Crippen molar-refractivity contribution < 1.29 is 100 Å². The molecule has 0 aliphatic carbocycles. The molecule has 35 heavy (non-hydrogen) atoms. The van der Waals surface area contributed by atoms with Gasteiger partial charge in [0.25, 0.3) is 20.2 Å². The minimum absolute atomic E-state index is 0. The number of hydrogen-bond acceptors (Lipinski definition) is 9. The predicted octanol–water partition coefficient (Wildman–Crippen LogP) is -3.83. The van der Waals surface area contributed by atoms with Crippen molar-refractivity contribution in [1.29, 1.82) is 0 Å². The summed E-state index contributed by atoms with van der Waals surface area (Å²) in [7, 11) is -9.89. The minimum Gasteiger partial charge on any atom is -0.872 e. The van der Waals surface area contributed by atoms with Crippen molar-refractivity contribution in [2.75, 3.05) is 5.32 Å². The van der Waals surface area contributed by atoms with E-state index >= 15 is 0 Å². The van der Waals surface area contributed by atoms with Gasteiger partial charge in [0.05, 0.1) is 16.3 Å². The molecular formula is C19H15N3Na2O9S2. The van der Waals surface area contributed by atoms with Gasteiger partial charge in [-0.05, 0) is 59.7 Å². The maximum atomic E-state index is 12.9. The Bertz CT molecular complexity index is 1560. The van der Waals surface area contributed by atoms with Crippen molar-refractivity contribution in [3.05, 3.63) is 42.0 Å². The molecule has 0 fully saturated rings. The molecule has 0 heterocycles. The van der Waals surface area contributed by atoms with Crippen molar-refractivity contribution >= 4 is 54.0 Å². The average molecular weight is 539 g/mol. The van der Waals surface area contributed by atoms with E-state index in [4.69, 9.17) is 4.55 Å². The zero-order chi connectivity index (χ0) is 24.7. The molecule has 3 rings (SSSR count). The molecule has 16 heteroatoms. The molecule has 0 unspecified atom stereocenters. The number of fused-ring (bicyclic) bond motifs is 1. The fourth-order valence-corrected chi connectivity index (χ4v) is 4.19. The first-order valence-corrected chi connectivity index (χ1v) is 11.8. The van der Waals surface area contributed by atoms with Crippen molar-refractivity contribution in [3.63, 3.8) is 0 Å². The first-order valence-electron chi connectivity index (χ1n) is 8.92. The third-order valence-corrected chi connectivity index (χ3v) is 6.12. The van der Waals surface area contributed by atoms with Gasteiger partial charge in [0.15, 0.2) is 0 Å². The van der Waals surface area contributed by atoms with Gasteiger partial charge in [-0.15, -0.1) is 10.9 Å². The van der Waals surface area contributed by atoms with Crippen molar-refractivity contribution in [2.45, 2.75) is 23.6 Å². The maximum Gasteiger partial charge on any atom is 1.00 e. The molecule has 12 nitrogen and oxygen atoms in total. The van der Waals surface area contributed by atoms with Crippen LogP contribution in [-0.4, -0.2) is 31.8 Å². The van der Waals surface area contributed by atoms with Crippen LogP contribution in [0.2, 0.25) is 0 Å². The predicted molar refractivity (Wildman–Crippen MR) is 112 cm³/mol. The summed E-state index contributed by atoms with van der Waals surface area (Å²) in [6.45, 7) is 2.92. The second-order valence-electron chi connectivity index (χ2n) is 6.90. The summed E-state index contributed by atoms with van der Waals surface area (Å²) in [5.41, 5.74) is 0.272. The molecule has 0 radical (unpaired) electrons. The van der Waals surface area contributed by atoms with Crippen LogP contribution in [0.3, 0.4) is 0 Å². The molecule has 0 spiro atoms. The van der Waals surface area contributed by atoms with Crippen LogP contribution >= 0.6 is 0 Å². The number of hydrogen-bond donors (Lipinski definition) is 3. The van der Waals surface area contributed by atoms with Gasteiger partial charge < -0.3 is 15.5 Å². The number of amides is 1. The summed E-state index contributed by atoms with van der Waals surface area (Å²) in [4.78, 5) is 9.29. The van der Waals surface area contributed by atoms with Crippen LogP contribution in [0.15, 0.2) is 56.4 Å². The molecule has 0 aromatic heterocycles. The van der Waals surface area contributed by atoms with E-state index in [1.165, 1.54) is 19.1 Å². The molecule has 0 bridgehead atoms. The van der Waals surface area contributed by atoms with Gasteiger partial charge in [-0.2, -0.15) is 21.9 Å². The summed E-state index contributed by atoms with van der Waals surface area (Å²) in [5, 5.41) is 34.2. The van der Waals surface area contributed by atoms with E-state index in [-0.39, 0.29) is 70.7 Å². The van der Waals surface area contributed by atoms with Crippen LogP contribution in [0.5, 0.6) is 11.5 Å². The molecule has 0 atom stereocenters. The largest absolute Gasteiger partial charge is 1.00 e. The number of aryl methyl sites for hydroxylation is 1. The van der Waals surface area contributed by atoms with Crippen molar-refractivity contribution in [2.24, 2.45) is 10.2 Å². The monoisotopic (exact) mass is 539 g/mol. The SMILES string of the molecule is CC(=O)Nc1ccc(N=Nc2c(S(=O)(=O)O)cc3cc(S(=O)(=O)O)cc([O-])c3c2[O-])c(C)c1.[Na+].[Na+]. The average Bonchev–Trinajstić information content (AvgIpc) is 2.65. The summed E-state index contributed by atoms with van der Waals surface area (Å²) in [6.07, 6.45) is 0. The second kappa shape index (κ2) is 11.6. The van der Waals surface area contributed by atoms with Gasteiger partial charge >= 0.3 is 59.1 Å². The van der Waals surface area contributed by atoms with E-state index in [2.05, 4.69) is 15.5 Å². The summed E-state index contributed by atoms with van der Waals surface area (Å²) >= 11 is 0. The molecule has 3 aromatic rings. The van der Waals surface area contributed by atoms with Crippen LogP contribution in [0.1, 0.15) is 12.5 Å². The first-order chi connectivity index (χ1) is 15.2. The zero-order valence-corrected chi connectivity index (χ0v) is 24.6. The van der Waals surface area contributed by atoms with E-state index < -0.39 is 58.0 Å². The minimum atomic E-state index is -5.06. The quantitative estimate of drug-likeness (QED) is 0.165. The van der Waals surface area contributed by atoms with Crippen molar-refractivity contribution in [3.8, 4) is 11.5 Å². The first kappa shape index (κ1) is 31.4. The Kier molecular flexibility index (Phi) is 10.5. The summed E-state index contributed by atoms with van der Waals surface area (Å²) in [6, 6.07) is 6.36. The Morgan fingerprint density at radius 3 is 2.09 bits per heavy atom. The van der Waals surface area contributed by atoms with Crippen LogP contribution in [0.25, 0.3) is 10.8 Å². The number of nitrogens with zero attached hydrogens (tertiary/aromatic N) is 2. The zero-order valence-electron chi connectivity index (χ0n) is 18.9. The van der Waals surface area contributed by atoms with Gasteiger partial charge in [0.2, 0.25) is 5.91 Å². The number of anilines is 1. The third kappa shape index (κ3) is 7.22. The van der Waals surface area contributed by atoms with Gasteiger partial charge in [0.1, 0.15) is 4.90 Å². The number of azo groups is 1. The molecule has 0 aliphatic rings. The number of carbonyl (C=O) groups excluding carboxylic acids is 1. The Balaban J connectivity index is 0.00000306. The molecule has 3 aromatic carbocycles. The van der Waals surface area contributed by atoms with Crippen LogP contribution in [-0.2, 0) is 25.0 Å².